The Morgan fingerprint density at radius 2 is 1.44 bits per heavy atom. The third kappa shape index (κ3) is 3.91. The lowest BCUT2D eigenvalue weighted by molar-refractivity contribution is -0.121. The van der Waals surface area contributed by atoms with Crippen molar-refractivity contribution in [3.8, 4) is 0 Å². The van der Waals surface area contributed by atoms with Gasteiger partial charge in [0.05, 0.1) is 22.5 Å². The molecule has 4 aromatic rings. The number of aromatic nitrogens is 1. The second-order valence-corrected chi connectivity index (χ2v) is 8.85. The van der Waals surface area contributed by atoms with E-state index in [0.717, 1.165) is 16.2 Å². The molecule has 0 radical (unpaired) electrons. The minimum absolute atomic E-state index is 0.193. The first-order valence-electron chi connectivity index (χ1n) is 10.9. The van der Waals surface area contributed by atoms with Crippen LogP contribution in [0, 0.1) is 6.92 Å². The summed E-state index contributed by atoms with van der Waals surface area (Å²) in [5.74, 6) is -1.31. The molecule has 2 heterocycles. The molecular formula is C27H21N3O3S. The van der Waals surface area contributed by atoms with E-state index >= 15 is 0 Å². The highest BCUT2D eigenvalue weighted by atomic mass is 32.1. The number of imide groups is 1. The van der Waals surface area contributed by atoms with Crippen LogP contribution >= 0.6 is 11.3 Å². The number of thiazole rings is 1. The van der Waals surface area contributed by atoms with Crippen molar-refractivity contribution in [1.82, 2.24) is 9.88 Å². The van der Waals surface area contributed by atoms with Gasteiger partial charge in [0.25, 0.3) is 17.7 Å². The Hall–Kier alpha value is -4.10. The number of nitrogens with zero attached hydrogens (tertiary/aromatic N) is 3. The quantitative estimate of drug-likeness (QED) is 0.373. The monoisotopic (exact) mass is 467 g/mol. The Morgan fingerprint density at radius 3 is 2.00 bits per heavy atom. The number of benzene rings is 3. The maximum atomic E-state index is 14.2. The van der Waals surface area contributed by atoms with Crippen LogP contribution in [0.5, 0.6) is 0 Å². The number of hydrogen-bond acceptors (Lipinski definition) is 5. The van der Waals surface area contributed by atoms with Crippen molar-refractivity contribution in [3.63, 3.8) is 0 Å². The number of aryl methyl sites for hydroxylation is 1. The van der Waals surface area contributed by atoms with Gasteiger partial charge in [-0.25, -0.2) is 4.98 Å². The first kappa shape index (κ1) is 21.7. The van der Waals surface area contributed by atoms with Crippen LogP contribution in [0.4, 0.5) is 10.8 Å². The van der Waals surface area contributed by atoms with Crippen LogP contribution in [0.1, 0.15) is 32.0 Å². The molecule has 0 bridgehead atoms. The summed E-state index contributed by atoms with van der Waals surface area (Å²) in [6.07, 6.45) is 0.193. The summed E-state index contributed by atoms with van der Waals surface area (Å²) in [6.45, 7) is 1.86. The van der Waals surface area contributed by atoms with Gasteiger partial charge in [0.2, 0.25) is 0 Å². The van der Waals surface area contributed by atoms with Crippen molar-refractivity contribution in [2.75, 3.05) is 4.90 Å². The Kier molecular flexibility index (Phi) is 5.77. The molecule has 0 aliphatic carbocycles. The fourth-order valence-electron chi connectivity index (χ4n) is 4.12. The number of anilines is 2. The van der Waals surface area contributed by atoms with Crippen LogP contribution in [-0.4, -0.2) is 33.6 Å². The average Bonchev–Trinajstić information content (AvgIpc) is 3.40. The van der Waals surface area contributed by atoms with Gasteiger partial charge in [0, 0.05) is 11.8 Å². The summed E-state index contributed by atoms with van der Waals surface area (Å²) >= 11 is 1.34. The van der Waals surface area contributed by atoms with Gasteiger partial charge in [-0.3, -0.25) is 24.2 Å². The Balaban J connectivity index is 1.61. The van der Waals surface area contributed by atoms with Crippen LogP contribution in [0.3, 0.4) is 0 Å². The van der Waals surface area contributed by atoms with E-state index in [0.29, 0.717) is 21.9 Å². The zero-order chi connectivity index (χ0) is 23.7. The summed E-state index contributed by atoms with van der Waals surface area (Å²) in [5.41, 5.74) is 2.88. The van der Waals surface area contributed by atoms with E-state index in [4.69, 9.17) is 0 Å². The molecule has 1 aliphatic heterocycles. The number of amides is 3. The van der Waals surface area contributed by atoms with E-state index in [-0.39, 0.29) is 12.3 Å². The standard InChI is InChI=1S/C27H21N3O3S/c1-18-17-34-27(28-18)29(20-12-6-3-7-13-20)26(33)23(16-19-10-4-2-5-11-19)30-24(31)21-14-8-9-15-22(21)25(30)32/h2-15,17,23H,16H2,1H3/t23-/m1/s1. The molecule has 3 aromatic carbocycles. The lowest BCUT2D eigenvalue weighted by atomic mass is 10.0. The SMILES string of the molecule is Cc1csc(N(C(=O)[C@@H](Cc2ccccc2)N2C(=O)c3ccccc3C2=O)c2ccccc2)n1. The van der Waals surface area contributed by atoms with Crippen molar-refractivity contribution < 1.29 is 14.4 Å². The largest absolute Gasteiger partial charge is 0.272 e. The highest BCUT2D eigenvalue weighted by molar-refractivity contribution is 7.14. The van der Waals surface area contributed by atoms with Crippen molar-refractivity contribution in [2.45, 2.75) is 19.4 Å². The summed E-state index contributed by atoms with van der Waals surface area (Å²) in [7, 11) is 0. The summed E-state index contributed by atoms with van der Waals surface area (Å²) < 4.78 is 0. The van der Waals surface area contributed by atoms with E-state index in [1.807, 2.05) is 73.0 Å². The topological polar surface area (TPSA) is 70.6 Å². The Morgan fingerprint density at radius 1 is 0.882 bits per heavy atom. The van der Waals surface area contributed by atoms with E-state index in [2.05, 4.69) is 4.98 Å². The first-order valence-corrected chi connectivity index (χ1v) is 11.7. The fraction of sp³-hybridized carbons (Fsp3) is 0.111. The van der Waals surface area contributed by atoms with E-state index in [1.165, 1.54) is 16.2 Å². The van der Waals surface area contributed by atoms with Gasteiger partial charge in [-0.1, -0.05) is 60.7 Å². The molecule has 3 amide bonds. The lowest BCUT2D eigenvalue weighted by Gasteiger charge is -2.30. The molecule has 7 heteroatoms. The van der Waals surface area contributed by atoms with Gasteiger partial charge >= 0.3 is 0 Å². The smallest absolute Gasteiger partial charge is 0.262 e. The predicted octanol–water partition coefficient (Wildman–Crippen LogP) is 5.02. The molecule has 5 rings (SSSR count). The van der Waals surface area contributed by atoms with Crippen molar-refractivity contribution >= 4 is 39.9 Å². The zero-order valence-electron chi connectivity index (χ0n) is 18.4. The number of para-hydroxylation sites is 1. The summed E-state index contributed by atoms with van der Waals surface area (Å²) in [4.78, 5) is 48.1. The molecule has 1 aromatic heterocycles. The maximum absolute atomic E-state index is 14.2. The van der Waals surface area contributed by atoms with Gasteiger partial charge < -0.3 is 0 Å². The number of hydrogen-bond donors (Lipinski definition) is 0. The molecule has 1 aliphatic rings. The molecule has 0 fully saturated rings. The van der Waals surface area contributed by atoms with Gasteiger partial charge in [-0.15, -0.1) is 11.3 Å². The summed E-state index contributed by atoms with van der Waals surface area (Å²) in [5, 5.41) is 2.36. The van der Waals surface area contributed by atoms with Gasteiger partial charge in [0.15, 0.2) is 5.13 Å². The molecule has 6 nitrogen and oxygen atoms in total. The van der Waals surface area contributed by atoms with Crippen LogP contribution < -0.4 is 4.90 Å². The van der Waals surface area contributed by atoms with Crippen LogP contribution in [0.2, 0.25) is 0 Å². The lowest BCUT2D eigenvalue weighted by Crippen LogP contribution is -2.51. The number of carbonyl (C=O) groups is 3. The van der Waals surface area contributed by atoms with E-state index in [1.54, 1.807) is 24.3 Å². The molecule has 34 heavy (non-hydrogen) atoms. The molecule has 168 valence electrons. The van der Waals surface area contributed by atoms with Crippen molar-refractivity contribution in [2.24, 2.45) is 0 Å². The van der Waals surface area contributed by atoms with Crippen LogP contribution in [0.15, 0.2) is 90.3 Å². The highest BCUT2D eigenvalue weighted by Crippen LogP contribution is 2.33. The molecular weight excluding hydrogens is 446 g/mol. The fourth-order valence-corrected chi connectivity index (χ4v) is 4.95. The number of fused-ring (bicyclic) bond motifs is 1. The third-order valence-corrected chi connectivity index (χ3v) is 6.67. The minimum atomic E-state index is -1.04. The minimum Gasteiger partial charge on any atom is -0.272 e. The number of carbonyl (C=O) groups excluding carboxylic acids is 3. The normalized spacial score (nSPS) is 13.6. The zero-order valence-corrected chi connectivity index (χ0v) is 19.2. The first-order chi connectivity index (χ1) is 16.5. The molecule has 0 spiro atoms. The molecule has 0 unspecified atom stereocenters. The molecule has 0 N–H and O–H groups in total. The van der Waals surface area contributed by atoms with Crippen molar-refractivity contribution in [3.05, 3.63) is 113 Å². The molecule has 0 saturated heterocycles. The van der Waals surface area contributed by atoms with Crippen molar-refractivity contribution in [1.29, 1.82) is 0 Å². The number of rotatable bonds is 6. The highest BCUT2D eigenvalue weighted by Gasteiger charge is 2.44. The second kappa shape index (κ2) is 9.03. The summed E-state index contributed by atoms with van der Waals surface area (Å²) in [6, 6.07) is 24.2. The predicted molar refractivity (Wildman–Crippen MR) is 131 cm³/mol. The second-order valence-electron chi connectivity index (χ2n) is 8.01. The Bertz CT molecular complexity index is 1330. The van der Waals surface area contributed by atoms with Gasteiger partial charge in [0.1, 0.15) is 6.04 Å². The maximum Gasteiger partial charge on any atom is 0.262 e. The van der Waals surface area contributed by atoms with Crippen LogP contribution in [-0.2, 0) is 11.2 Å². The van der Waals surface area contributed by atoms with E-state index in [9.17, 15) is 14.4 Å². The molecule has 0 saturated carbocycles. The van der Waals surface area contributed by atoms with Gasteiger partial charge in [-0.2, -0.15) is 0 Å². The van der Waals surface area contributed by atoms with Gasteiger partial charge in [-0.05, 0) is 36.8 Å². The Labute approximate surface area is 201 Å². The molecule has 1 atom stereocenters. The average molecular weight is 468 g/mol. The third-order valence-electron chi connectivity index (χ3n) is 5.73. The van der Waals surface area contributed by atoms with E-state index < -0.39 is 17.9 Å². The van der Waals surface area contributed by atoms with Crippen LogP contribution in [0.25, 0.3) is 0 Å².